The second-order valence-electron chi connectivity index (χ2n) is 6.40. The fourth-order valence-electron chi connectivity index (χ4n) is 2.89. The van der Waals surface area contributed by atoms with E-state index >= 15 is 0 Å². The molecule has 4 rings (SSSR count). The summed E-state index contributed by atoms with van der Waals surface area (Å²) < 4.78 is 43.0. The van der Waals surface area contributed by atoms with Gasteiger partial charge in [0.25, 0.3) is 15.9 Å². The van der Waals surface area contributed by atoms with Crippen molar-refractivity contribution in [2.45, 2.75) is 18.2 Å². The number of carbonyl (C=O) groups excluding carboxylic acids is 1. The zero-order valence-corrected chi connectivity index (χ0v) is 18.1. The molecule has 0 fully saturated rings. The number of thiophene rings is 1. The van der Waals surface area contributed by atoms with E-state index in [1.165, 1.54) is 30.5 Å². The van der Waals surface area contributed by atoms with E-state index in [0.717, 1.165) is 11.3 Å². The van der Waals surface area contributed by atoms with Gasteiger partial charge in [-0.15, -0.1) is 11.3 Å². The smallest absolute Gasteiger partial charge is 0.336 e. The zero-order valence-electron chi connectivity index (χ0n) is 15.7. The number of nitrogens with zero attached hydrogens (tertiary/aromatic N) is 1. The maximum Gasteiger partial charge on any atom is 0.336 e. The number of benzene rings is 1. The number of aromatic nitrogens is 1. The Labute approximate surface area is 184 Å². The van der Waals surface area contributed by atoms with Crippen LogP contribution in [0.2, 0.25) is 5.02 Å². The number of ether oxygens (including phenoxy) is 2. The van der Waals surface area contributed by atoms with Crippen LogP contribution in [0.25, 0.3) is 0 Å². The molecule has 2 aromatic heterocycles. The highest BCUT2D eigenvalue weighted by Crippen LogP contribution is 2.36. The van der Waals surface area contributed by atoms with Crippen LogP contribution in [0.1, 0.15) is 31.3 Å². The number of aryl methyl sites for hydroxylation is 1. The van der Waals surface area contributed by atoms with Gasteiger partial charge in [-0.3, -0.25) is 4.79 Å². The average molecular weight is 485 g/mol. The van der Waals surface area contributed by atoms with Crippen molar-refractivity contribution >= 4 is 50.6 Å². The second kappa shape index (κ2) is 7.87. The lowest BCUT2D eigenvalue weighted by Crippen LogP contribution is -2.16. The molecule has 0 atom stereocenters. The Morgan fingerprint density at radius 2 is 2.00 bits per heavy atom. The van der Waals surface area contributed by atoms with E-state index < -0.39 is 21.8 Å². The Bertz CT molecular complexity index is 1310. The molecule has 3 aromatic rings. The summed E-state index contributed by atoms with van der Waals surface area (Å²) in [4.78, 5) is 24.2. The summed E-state index contributed by atoms with van der Waals surface area (Å²) in [5.74, 6) is -1.54. The zero-order chi connectivity index (χ0) is 22.3. The van der Waals surface area contributed by atoms with E-state index in [1.54, 1.807) is 0 Å². The predicted molar refractivity (Wildman–Crippen MR) is 109 cm³/mol. The monoisotopic (exact) mass is 484 g/mol. The van der Waals surface area contributed by atoms with E-state index in [2.05, 4.69) is 9.88 Å². The molecule has 0 spiro atoms. The average Bonchev–Trinajstić information content (AvgIpc) is 3.44. The van der Waals surface area contributed by atoms with Crippen molar-refractivity contribution in [3.05, 3.63) is 50.3 Å². The molecule has 0 amide bonds. The number of aromatic carboxylic acids is 1. The lowest BCUT2D eigenvalue weighted by molar-refractivity contribution is 0.0695. The topological polar surface area (TPSA) is 145 Å². The number of ketones is 1. The van der Waals surface area contributed by atoms with Crippen LogP contribution in [0.3, 0.4) is 0 Å². The summed E-state index contributed by atoms with van der Waals surface area (Å²) in [6, 6.07) is 3.94. The van der Waals surface area contributed by atoms with E-state index in [1.807, 2.05) is 0 Å². The Balaban J connectivity index is 1.64. The van der Waals surface area contributed by atoms with Gasteiger partial charge in [0, 0.05) is 6.42 Å². The number of carbonyl (C=O) groups is 2. The van der Waals surface area contributed by atoms with Crippen molar-refractivity contribution in [1.82, 2.24) is 5.16 Å². The number of anilines is 1. The summed E-state index contributed by atoms with van der Waals surface area (Å²) in [6.07, 6.45) is -0.358. The summed E-state index contributed by atoms with van der Waals surface area (Å²) in [5.41, 5.74) is 0.325. The van der Waals surface area contributed by atoms with Gasteiger partial charge >= 0.3 is 5.97 Å². The number of fused-ring (bicyclic) bond motifs is 1. The van der Waals surface area contributed by atoms with Crippen molar-refractivity contribution < 1.29 is 37.1 Å². The molecule has 1 aliphatic heterocycles. The van der Waals surface area contributed by atoms with Crippen LogP contribution in [0.4, 0.5) is 5.88 Å². The molecule has 0 unspecified atom stereocenters. The SMILES string of the molecule is Cc1noc(NS(=O)(=O)c2ccsc2C(=O)Cc2cc3c(cc2C(=O)O)OCO3)c1Cl. The van der Waals surface area contributed by atoms with Gasteiger partial charge in [0.2, 0.25) is 6.79 Å². The van der Waals surface area contributed by atoms with Crippen molar-refractivity contribution in [3.63, 3.8) is 0 Å². The second-order valence-corrected chi connectivity index (χ2v) is 9.34. The van der Waals surface area contributed by atoms with Crippen LogP contribution in [0.5, 0.6) is 11.5 Å². The summed E-state index contributed by atoms with van der Waals surface area (Å²) in [5, 5.41) is 14.5. The number of hydrogen-bond donors (Lipinski definition) is 2. The fourth-order valence-corrected chi connectivity index (χ4v) is 5.45. The minimum absolute atomic E-state index is 0.00172. The molecule has 1 aromatic carbocycles. The largest absolute Gasteiger partial charge is 0.478 e. The number of carboxylic acids is 1. The highest BCUT2D eigenvalue weighted by molar-refractivity contribution is 7.93. The van der Waals surface area contributed by atoms with Crippen LogP contribution in [0.15, 0.2) is 33.0 Å². The van der Waals surface area contributed by atoms with E-state index in [-0.39, 0.29) is 50.8 Å². The van der Waals surface area contributed by atoms with Gasteiger partial charge in [-0.1, -0.05) is 16.8 Å². The summed E-state index contributed by atoms with van der Waals surface area (Å²) in [7, 11) is -4.22. The van der Waals surface area contributed by atoms with E-state index in [9.17, 15) is 23.1 Å². The molecule has 2 N–H and O–H groups in total. The van der Waals surface area contributed by atoms with Crippen molar-refractivity contribution in [1.29, 1.82) is 0 Å². The van der Waals surface area contributed by atoms with E-state index in [4.69, 9.17) is 25.6 Å². The first-order valence-corrected chi connectivity index (χ1v) is 11.3. The van der Waals surface area contributed by atoms with Crippen LogP contribution in [-0.4, -0.2) is 37.2 Å². The number of nitrogens with one attached hydrogen (secondary N) is 1. The molecular formula is C18H13ClN2O8S2. The quantitative estimate of drug-likeness (QED) is 0.482. The molecule has 1 aliphatic rings. The first-order valence-electron chi connectivity index (χ1n) is 8.58. The number of carboxylic acid groups (broad SMARTS) is 1. The maximum atomic E-state index is 12.9. The Kier molecular flexibility index (Phi) is 5.37. The number of sulfonamides is 1. The van der Waals surface area contributed by atoms with Gasteiger partial charge in [-0.25, -0.2) is 17.9 Å². The number of hydrogen-bond acceptors (Lipinski definition) is 9. The molecule has 13 heteroatoms. The maximum absolute atomic E-state index is 12.9. The van der Waals surface area contributed by atoms with Crippen molar-refractivity contribution in [2.24, 2.45) is 0 Å². The third-order valence-electron chi connectivity index (χ3n) is 4.37. The normalized spacial score (nSPS) is 12.7. The van der Waals surface area contributed by atoms with Gasteiger partial charge in [-0.2, -0.15) is 0 Å². The number of halogens is 1. The molecule has 31 heavy (non-hydrogen) atoms. The minimum atomic E-state index is -4.22. The van der Waals surface area contributed by atoms with Gasteiger partial charge < -0.3 is 19.1 Å². The molecule has 0 radical (unpaired) electrons. The Hall–Kier alpha value is -3.09. The summed E-state index contributed by atoms with van der Waals surface area (Å²) >= 11 is 6.87. The lowest BCUT2D eigenvalue weighted by atomic mass is 10.0. The lowest BCUT2D eigenvalue weighted by Gasteiger charge is -2.09. The summed E-state index contributed by atoms with van der Waals surface area (Å²) in [6.45, 7) is 1.48. The van der Waals surface area contributed by atoms with Gasteiger partial charge in [0.05, 0.1) is 10.4 Å². The molecule has 162 valence electrons. The number of rotatable bonds is 7. The number of Topliss-reactive ketones (excluding diaryl/α,β-unsaturated/α-hetero) is 1. The van der Waals surface area contributed by atoms with Crippen LogP contribution >= 0.6 is 22.9 Å². The fraction of sp³-hybridized carbons (Fsp3) is 0.167. The minimum Gasteiger partial charge on any atom is -0.478 e. The highest BCUT2D eigenvalue weighted by Gasteiger charge is 2.28. The molecule has 10 nitrogen and oxygen atoms in total. The van der Waals surface area contributed by atoms with Crippen molar-refractivity contribution in [3.8, 4) is 11.5 Å². The molecular weight excluding hydrogens is 472 g/mol. The predicted octanol–water partition coefficient (Wildman–Crippen LogP) is 3.35. The highest BCUT2D eigenvalue weighted by atomic mass is 35.5. The standard InChI is InChI=1S/C18H13ClN2O8S2/c1-8-15(19)17(29-20-8)21-31(25,26)14-2-3-30-16(14)11(22)4-9-5-12-13(28-7-27-12)6-10(9)18(23)24/h2-3,5-6,21H,4,7H2,1H3,(H,23,24). The van der Waals surface area contributed by atoms with Crippen LogP contribution in [-0.2, 0) is 16.4 Å². The third kappa shape index (κ3) is 3.96. The van der Waals surface area contributed by atoms with Crippen molar-refractivity contribution in [2.75, 3.05) is 11.5 Å². The van der Waals surface area contributed by atoms with E-state index in [0.29, 0.717) is 11.4 Å². The molecule has 0 aliphatic carbocycles. The first-order chi connectivity index (χ1) is 14.7. The third-order valence-corrected chi connectivity index (χ3v) is 7.27. The van der Waals surface area contributed by atoms with Crippen LogP contribution < -0.4 is 14.2 Å². The Morgan fingerprint density at radius 3 is 2.65 bits per heavy atom. The molecule has 0 bridgehead atoms. The Morgan fingerprint density at radius 1 is 1.29 bits per heavy atom. The van der Waals surface area contributed by atoms with Gasteiger partial charge in [-0.05, 0) is 36.1 Å². The molecule has 0 saturated carbocycles. The first kappa shape index (κ1) is 21.2. The van der Waals surface area contributed by atoms with Crippen LogP contribution in [0, 0.1) is 6.92 Å². The molecule has 3 heterocycles. The van der Waals surface area contributed by atoms with Gasteiger partial charge in [0.15, 0.2) is 17.3 Å². The van der Waals surface area contributed by atoms with Gasteiger partial charge in [0.1, 0.15) is 15.6 Å². The molecule has 0 saturated heterocycles.